The molecule has 0 aliphatic rings. The molecule has 2 aromatic rings. The average Bonchev–Trinajstić information content (AvgIpc) is 3.12. The van der Waals surface area contributed by atoms with E-state index in [1.165, 1.54) is 5.56 Å². The molecule has 7 heteroatoms. The maximum atomic E-state index is 5.35. The van der Waals surface area contributed by atoms with Crippen LogP contribution in [0.15, 0.2) is 40.0 Å². The van der Waals surface area contributed by atoms with Crippen LogP contribution in [-0.2, 0) is 20.0 Å². The number of rotatable bonds is 7. The third kappa shape index (κ3) is 6.56. The van der Waals surface area contributed by atoms with Crippen LogP contribution >= 0.6 is 24.0 Å². The van der Waals surface area contributed by atoms with E-state index in [-0.39, 0.29) is 24.0 Å². The number of aryl methyl sites for hydroxylation is 2. The molecule has 0 aliphatic heterocycles. The van der Waals surface area contributed by atoms with Gasteiger partial charge in [-0.15, -0.1) is 24.0 Å². The highest BCUT2D eigenvalue weighted by atomic mass is 127. The van der Waals surface area contributed by atoms with Crippen molar-refractivity contribution in [2.24, 2.45) is 12.0 Å². The second-order valence-electron chi connectivity index (χ2n) is 6.00. The van der Waals surface area contributed by atoms with E-state index >= 15 is 0 Å². The van der Waals surface area contributed by atoms with Crippen molar-refractivity contribution >= 4 is 29.9 Å². The number of guanidine groups is 1. The molecule has 0 aliphatic carbocycles. The molecule has 6 nitrogen and oxygen atoms in total. The molecule has 2 heterocycles. The summed E-state index contributed by atoms with van der Waals surface area (Å²) >= 11 is 0. The van der Waals surface area contributed by atoms with Crippen LogP contribution in [0.2, 0.25) is 0 Å². The summed E-state index contributed by atoms with van der Waals surface area (Å²) in [7, 11) is 1.96. The highest BCUT2D eigenvalue weighted by Gasteiger charge is 2.09. The minimum absolute atomic E-state index is 0. The number of aliphatic imine (C=N–C) groups is 1. The van der Waals surface area contributed by atoms with Crippen LogP contribution < -0.4 is 10.6 Å². The van der Waals surface area contributed by atoms with Gasteiger partial charge in [0, 0.05) is 37.8 Å². The highest BCUT2D eigenvalue weighted by molar-refractivity contribution is 14.0. The number of nitrogens with one attached hydrogen (secondary N) is 2. The maximum absolute atomic E-state index is 5.35. The Kier molecular flexibility index (Phi) is 8.74. The van der Waals surface area contributed by atoms with Crippen molar-refractivity contribution in [3.05, 3.63) is 53.3 Å². The first kappa shape index (κ1) is 21.3. The van der Waals surface area contributed by atoms with Crippen molar-refractivity contribution in [2.45, 2.75) is 33.7 Å². The Morgan fingerprint density at radius 3 is 2.68 bits per heavy atom. The second kappa shape index (κ2) is 10.3. The maximum Gasteiger partial charge on any atom is 0.191 e. The molecule has 0 bridgehead atoms. The molecule has 2 aromatic heterocycles. The van der Waals surface area contributed by atoms with Gasteiger partial charge in [0.1, 0.15) is 5.76 Å². The van der Waals surface area contributed by atoms with Gasteiger partial charge in [-0.2, -0.15) is 5.10 Å². The van der Waals surface area contributed by atoms with Gasteiger partial charge in [-0.1, -0.05) is 12.2 Å². The van der Waals surface area contributed by atoms with E-state index in [1.54, 1.807) is 6.26 Å². The lowest BCUT2D eigenvalue weighted by Gasteiger charge is -2.12. The molecule has 0 saturated heterocycles. The van der Waals surface area contributed by atoms with Crippen molar-refractivity contribution in [1.82, 2.24) is 20.4 Å². The molecular weight excluding hydrogens is 429 g/mol. The first-order valence-corrected chi connectivity index (χ1v) is 8.15. The molecule has 0 fully saturated rings. The van der Waals surface area contributed by atoms with E-state index in [4.69, 9.17) is 4.42 Å². The molecule has 0 amide bonds. The Morgan fingerprint density at radius 1 is 1.36 bits per heavy atom. The Labute approximate surface area is 166 Å². The van der Waals surface area contributed by atoms with Crippen LogP contribution in [0, 0.1) is 13.8 Å². The molecule has 0 aromatic carbocycles. The summed E-state index contributed by atoms with van der Waals surface area (Å²) in [6.07, 6.45) is 2.50. The smallest absolute Gasteiger partial charge is 0.191 e. The number of halogens is 1. The summed E-state index contributed by atoms with van der Waals surface area (Å²) in [5.74, 6) is 1.73. The van der Waals surface area contributed by atoms with Crippen molar-refractivity contribution in [1.29, 1.82) is 0 Å². The van der Waals surface area contributed by atoms with Crippen LogP contribution in [0.25, 0.3) is 0 Å². The number of hydrogen-bond donors (Lipinski definition) is 2. The van der Waals surface area contributed by atoms with Crippen LogP contribution in [0.3, 0.4) is 0 Å². The molecule has 0 radical (unpaired) electrons. The normalized spacial score (nSPS) is 11.1. The van der Waals surface area contributed by atoms with Crippen LogP contribution in [-0.4, -0.2) is 28.8 Å². The van der Waals surface area contributed by atoms with E-state index in [0.29, 0.717) is 13.1 Å². The highest BCUT2D eigenvalue weighted by Crippen LogP contribution is 2.12. The van der Waals surface area contributed by atoms with Gasteiger partial charge in [0.15, 0.2) is 5.96 Å². The zero-order valence-electron chi connectivity index (χ0n) is 15.4. The lowest BCUT2D eigenvalue weighted by Crippen LogP contribution is -2.39. The van der Waals surface area contributed by atoms with E-state index < -0.39 is 0 Å². The van der Waals surface area contributed by atoms with Crippen molar-refractivity contribution < 1.29 is 4.42 Å². The molecule has 25 heavy (non-hydrogen) atoms. The summed E-state index contributed by atoms with van der Waals surface area (Å²) in [4.78, 5) is 4.69. The fourth-order valence-electron chi connectivity index (χ4n) is 2.37. The number of hydrogen-bond acceptors (Lipinski definition) is 3. The van der Waals surface area contributed by atoms with Gasteiger partial charge < -0.3 is 15.1 Å². The van der Waals surface area contributed by atoms with Crippen LogP contribution in [0.1, 0.15) is 29.6 Å². The van der Waals surface area contributed by atoms with Crippen molar-refractivity contribution in [3.8, 4) is 0 Å². The number of aromatic nitrogens is 2. The van der Waals surface area contributed by atoms with Crippen LogP contribution in [0.5, 0.6) is 0 Å². The Morgan fingerprint density at radius 2 is 2.12 bits per heavy atom. The summed E-state index contributed by atoms with van der Waals surface area (Å²) < 4.78 is 7.25. The van der Waals surface area contributed by atoms with Gasteiger partial charge in [0.2, 0.25) is 0 Å². The van der Waals surface area contributed by atoms with Gasteiger partial charge in [-0.05, 0) is 32.9 Å². The molecule has 0 spiro atoms. The van der Waals surface area contributed by atoms with Gasteiger partial charge >= 0.3 is 0 Å². The summed E-state index contributed by atoms with van der Waals surface area (Å²) in [5.41, 5.74) is 4.39. The van der Waals surface area contributed by atoms with E-state index in [9.17, 15) is 0 Å². The molecule has 0 saturated carbocycles. The predicted octanol–water partition coefficient (Wildman–Crippen LogP) is 3.10. The summed E-state index contributed by atoms with van der Waals surface area (Å²) in [5, 5.41) is 11.1. The fourth-order valence-corrected chi connectivity index (χ4v) is 2.37. The zero-order chi connectivity index (χ0) is 17.5. The number of nitrogens with zero attached hydrogens (tertiary/aromatic N) is 3. The van der Waals surface area contributed by atoms with E-state index in [0.717, 1.165) is 41.6 Å². The summed E-state index contributed by atoms with van der Waals surface area (Å²) in [6, 6.07) is 3.87. The first-order valence-electron chi connectivity index (χ1n) is 8.15. The summed E-state index contributed by atoms with van der Waals surface area (Å²) in [6.45, 7) is 12.0. The topological polar surface area (TPSA) is 67.4 Å². The van der Waals surface area contributed by atoms with Gasteiger partial charge in [0.05, 0.1) is 18.5 Å². The SMILES string of the molecule is C=C(C)CNC(=NCc1c(C)nn(C)c1C)NCCc1ccco1.I. The van der Waals surface area contributed by atoms with E-state index in [2.05, 4.69) is 34.2 Å². The monoisotopic (exact) mass is 457 g/mol. The molecule has 2 N–H and O–H groups in total. The minimum atomic E-state index is 0. The number of furan rings is 1. The third-order valence-electron chi connectivity index (χ3n) is 3.86. The lowest BCUT2D eigenvalue weighted by molar-refractivity contribution is 0.507. The van der Waals surface area contributed by atoms with E-state index in [1.807, 2.05) is 37.7 Å². The zero-order valence-corrected chi connectivity index (χ0v) is 17.8. The molecule has 0 unspecified atom stereocenters. The lowest BCUT2D eigenvalue weighted by atomic mass is 10.2. The second-order valence-corrected chi connectivity index (χ2v) is 6.00. The Hall–Kier alpha value is -1.77. The molecule has 2 rings (SSSR count). The average molecular weight is 457 g/mol. The minimum Gasteiger partial charge on any atom is -0.469 e. The largest absolute Gasteiger partial charge is 0.469 e. The van der Waals surface area contributed by atoms with Crippen molar-refractivity contribution in [2.75, 3.05) is 13.1 Å². The first-order chi connectivity index (χ1) is 11.5. The van der Waals surface area contributed by atoms with Crippen molar-refractivity contribution in [3.63, 3.8) is 0 Å². The Balaban J connectivity index is 0.00000312. The third-order valence-corrected chi connectivity index (χ3v) is 3.86. The fraction of sp³-hybridized carbons (Fsp3) is 0.444. The van der Waals surface area contributed by atoms with Gasteiger partial charge in [-0.3, -0.25) is 4.68 Å². The standard InChI is InChI=1S/C18H27N5O.HI/c1-13(2)11-20-18(19-9-8-16-7-6-10-24-16)21-12-17-14(3)22-23(5)15(17)4;/h6-7,10H,1,8-9,11-12H2,2-5H3,(H2,19,20,21);1H. The van der Waals surface area contributed by atoms with Gasteiger partial charge in [-0.25, -0.2) is 4.99 Å². The predicted molar refractivity (Wildman–Crippen MR) is 112 cm³/mol. The Bertz CT molecular complexity index is 703. The molecule has 0 atom stereocenters. The quantitative estimate of drug-likeness (QED) is 0.290. The molecular formula is C18H28IN5O. The molecule has 138 valence electrons. The van der Waals surface area contributed by atoms with Crippen LogP contribution in [0.4, 0.5) is 0 Å². The van der Waals surface area contributed by atoms with Gasteiger partial charge in [0.25, 0.3) is 0 Å².